The van der Waals surface area contributed by atoms with Crippen molar-refractivity contribution < 1.29 is 4.74 Å². The Morgan fingerprint density at radius 3 is 2.45 bits per heavy atom. The lowest BCUT2D eigenvalue weighted by molar-refractivity contribution is 0.143. The van der Waals surface area contributed by atoms with Gasteiger partial charge in [0.05, 0.1) is 6.54 Å². The highest BCUT2D eigenvalue weighted by molar-refractivity contribution is 14.0. The minimum absolute atomic E-state index is 0. The Kier molecular flexibility index (Phi) is 16.1. The van der Waals surface area contributed by atoms with Crippen LogP contribution in [-0.2, 0) is 4.74 Å². The van der Waals surface area contributed by atoms with E-state index in [1.54, 1.807) is 0 Å². The van der Waals surface area contributed by atoms with Crippen LogP contribution in [0.1, 0.15) is 40.5 Å². The quantitative estimate of drug-likeness (QED) is 0.248. The van der Waals surface area contributed by atoms with Gasteiger partial charge in [0.15, 0.2) is 5.96 Å². The number of ether oxygens (including phenoxy) is 1. The standard InChI is InChI=1S/C14H31N3OS.HI/c1-6-15-13(17-12-14(3,4)19-5)16-10-8-9-11-18-7-2;/h6-12H2,1-5H3,(H2,15,16,17);1H. The van der Waals surface area contributed by atoms with Gasteiger partial charge >= 0.3 is 0 Å². The molecular weight excluding hydrogens is 385 g/mol. The van der Waals surface area contributed by atoms with E-state index in [4.69, 9.17) is 4.74 Å². The van der Waals surface area contributed by atoms with Crippen molar-refractivity contribution >= 4 is 41.7 Å². The second kappa shape index (κ2) is 14.3. The van der Waals surface area contributed by atoms with Crippen molar-refractivity contribution in [3.05, 3.63) is 0 Å². The van der Waals surface area contributed by atoms with Crippen LogP contribution in [-0.4, -0.2) is 49.8 Å². The van der Waals surface area contributed by atoms with Crippen LogP contribution in [0.15, 0.2) is 4.99 Å². The Balaban J connectivity index is 0. The molecule has 6 heteroatoms. The molecule has 0 aromatic rings. The van der Waals surface area contributed by atoms with Crippen molar-refractivity contribution in [2.24, 2.45) is 4.99 Å². The van der Waals surface area contributed by atoms with Gasteiger partial charge in [0.1, 0.15) is 0 Å². The molecule has 0 saturated carbocycles. The highest BCUT2D eigenvalue weighted by Gasteiger charge is 2.15. The van der Waals surface area contributed by atoms with Gasteiger partial charge in [-0.05, 0) is 46.8 Å². The summed E-state index contributed by atoms with van der Waals surface area (Å²) in [6.07, 6.45) is 4.33. The summed E-state index contributed by atoms with van der Waals surface area (Å²) in [5.41, 5.74) is 0. The molecule has 0 heterocycles. The first kappa shape index (κ1) is 22.6. The Hall–Kier alpha value is 0.310. The summed E-state index contributed by atoms with van der Waals surface area (Å²) in [6, 6.07) is 0. The number of nitrogens with one attached hydrogen (secondary N) is 2. The minimum atomic E-state index is 0. The number of hydrogen-bond acceptors (Lipinski definition) is 3. The molecule has 0 radical (unpaired) electrons. The molecule has 0 bridgehead atoms. The van der Waals surface area contributed by atoms with Crippen molar-refractivity contribution in [2.75, 3.05) is 39.1 Å². The van der Waals surface area contributed by atoms with Crippen LogP contribution < -0.4 is 10.6 Å². The topological polar surface area (TPSA) is 45.7 Å². The van der Waals surface area contributed by atoms with Crippen LogP contribution in [0.5, 0.6) is 0 Å². The predicted molar refractivity (Wildman–Crippen MR) is 103 cm³/mol. The smallest absolute Gasteiger partial charge is 0.191 e. The molecule has 0 aliphatic carbocycles. The fourth-order valence-electron chi connectivity index (χ4n) is 1.36. The first-order valence-corrected chi connectivity index (χ1v) is 8.43. The second-order valence-electron chi connectivity index (χ2n) is 4.99. The summed E-state index contributed by atoms with van der Waals surface area (Å²) in [6.45, 7) is 12.9. The van der Waals surface area contributed by atoms with E-state index < -0.39 is 0 Å². The highest BCUT2D eigenvalue weighted by Crippen LogP contribution is 2.20. The van der Waals surface area contributed by atoms with Gasteiger partial charge in [-0.2, -0.15) is 11.8 Å². The zero-order valence-electron chi connectivity index (χ0n) is 13.6. The number of hydrogen-bond donors (Lipinski definition) is 2. The van der Waals surface area contributed by atoms with Gasteiger partial charge in [0, 0.05) is 31.1 Å². The maximum absolute atomic E-state index is 5.32. The molecule has 20 heavy (non-hydrogen) atoms. The molecule has 0 unspecified atom stereocenters. The molecular formula is C14H32IN3OS. The van der Waals surface area contributed by atoms with E-state index >= 15 is 0 Å². The summed E-state index contributed by atoms with van der Waals surface area (Å²) < 4.78 is 5.51. The number of halogens is 1. The molecule has 0 rings (SSSR count). The first-order chi connectivity index (χ1) is 9.05. The van der Waals surface area contributed by atoms with Crippen LogP contribution in [0.2, 0.25) is 0 Å². The first-order valence-electron chi connectivity index (χ1n) is 7.20. The SMILES string of the molecule is CCNC(=NCC(C)(C)SC)NCCCCOCC.I. The van der Waals surface area contributed by atoms with Crippen LogP contribution >= 0.6 is 35.7 Å². The lowest BCUT2D eigenvalue weighted by Gasteiger charge is -2.20. The van der Waals surface area contributed by atoms with Crippen molar-refractivity contribution in [1.82, 2.24) is 10.6 Å². The molecule has 0 amide bonds. The third-order valence-corrected chi connectivity index (χ3v) is 3.96. The van der Waals surface area contributed by atoms with Gasteiger partial charge in [-0.3, -0.25) is 4.99 Å². The molecule has 0 aliphatic rings. The summed E-state index contributed by atoms with van der Waals surface area (Å²) in [5.74, 6) is 0.918. The molecule has 0 aromatic heterocycles. The summed E-state index contributed by atoms with van der Waals surface area (Å²) in [7, 11) is 0. The molecule has 0 aromatic carbocycles. The van der Waals surface area contributed by atoms with E-state index in [1.807, 2.05) is 18.7 Å². The van der Waals surface area contributed by atoms with Gasteiger partial charge in [0.25, 0.3) is 0 Å². The van der Waals surface area contributed by atoms with Gasteiger partial charge in [-0.1, -0.05) is 0 Å². The molecule has 0 spiro atoms. The third kappa shape index (κ3) is 13.3. The summed E-state index contributed by atoms with van der Waals surface area (Å²) in [5, 5.41) is 6.65. The predicted octanol–water partition coefficient (Wildman–Crippen LogP) is 3.12. The number of rotatable bonds is 10. The van der Waals surface area contributed by atoms with Crippen molar-refractivity contribution in [3.63, 3.8) is 0 Å². The van der Waals surface area contributed by atoms with E-state index in [9.17, 15) is 0 Å². The Labute approximate surface area is 146 Å². The minimum Gasteiger partial charge on any atom is -0.382 e. The number of guanidine groups is 1. The maximum Gasteiger partial charge on any atom is 0.191 e. The Morgan fingerprint density at radius 1 is 1.20 bits per heavy atom. The third-order valence-electron chi connectivity index (χ3n) is 2.73. The molecule has 0 fully saturated rings. The van der Waals surface area contributed by atoms with E-state index in [0.29, 0.717) is 0 Å². The summed E-state index contributed by atoms with van der Waals surface area (Å²) >= 11 is 1.85. The number of thioether (sulfide) groups is 1. The Bertz CT molecular complexity index is 251. The van der Waals surface area contributed by atoms with E-state index in [1.165, 1.54) is 0 Å². The van der Waals surface area contributed by atoms with Gasteiger partial charge in [-0.25, -0.2) is 0 Å². The largest absolute Gasteiger partial charge is 0.382 e. The average molecular weight is 417 g/mol. The van der Waals surface area contributed by atoms with E-state index in [2.05, 4.69) is 42.7 Å². The van der Waals surface area contributed by atoms with E-state index in [0.717, 1.165) is 51.6 Å². The number of nitrogens with zero attached hydrogens (tertiary/aromatic N) is 1. The molecule has 0 atom stereocenters. The fourth-order valence-corrected chi connectivity index (χ4v) is 1.55. The van der Waals surface area contributed by atoms with E-state index in [-0.39, 0.29) is 28.7 Å². The van der Waals surface area contributed by atoms with Crippen LogP contribution in [0.25, 0.3) is 0 Å². The fraction of sp³-hybridized carbons (Fsp3) is 0.929. The summed E-state index contributed by atoms with van der Waals surface area (Å²) in [4.78, 5) is 4.63. The van der Waals surface area contributed by atoms with Crippen LogP contribution in [0, 0.1) is 0 Å². The van der Waals surface area contributed by atoms with Crippen LogP contribution in [0.4, 0.5) is 0 Å². The van der Waals surface area contributed by atoms with Gasteiger partial charge < -0.3 is 15.4 Å². The molecule has 4 nitrogen and oxygen atoms in total. The van der Waals surface area contributed by atoms with Gasteiger partial charge in [-0.15, -0.1) is 24.0 Å². The molecule has 0 saturated heterocycles. The van der Waals surface area contributed by atoms with Crippen LogP contribution in [0.3, 0.4) is 0 Å². The monoisotopic (exact) mass is 417 g/mol. The molecule has 122 valence electrons. The highest BCUT2D eigenvalue weighted by atomic mass is 127. The molecule has 0 aliphatic heterocycles. The maximum atomic E-state index is 5.32. The second-order valence-corrected chi connectivity index (χ2v) is 6.50. The molecule has 2 N–H and O–H groups in total. The lowest BCUT2D eigenvalue weighted by Crippen LogP contribution is -2.39. The van der Waals surface area contributed by atoms with Crippen molar-refractivity contribution in [1.29, 1.82) is 0 Å². The number of aliphatic imine (C=N–C) groups is 1. The zero-order chi connectivity index (χ0) is 14.6. The Morgan fingerprint density at radius 2 is 1.90 bits per heavy atom. The van der Waals surface area contributed by atoms with Gasteiger partial charge in [0.2, 0.25) is 0 Å². The number of unbranched alkanes of at least 4 members (excludes halogenated alkanes) is 1. The normalized spacial score (nSPS) is 11.9. The lowest BCUT2D eigenvalue weighted by atomic mass is 10.2. The average Bonchev–Trinajstić information content (AvgIpc) is 2.40. The van der Waals surface area contributed by atoms with Crippen molar-refractivity contribution in [3.8, 4) is 0 Å². The van der Waals surface area contributed by atoms with Crippen molar-refractivity contribution in [2.45, 2.75) is 45.3 Å². The zero-order valence-corrected chi connectivity index (χ0v) is 16.8.